The summed E-state index contributed by atoms with van der Waals surface area (Å²) in [6, 6.07) is 9.64. The van der Waals surface area contributed by atoms with Crippen LogP contribution in [-0.4, -0.2) is 55.4 Å². The lowest BCUT2D eigenvalue weighted by Crippen LogP contribution is -2.51. The third-order valence-electron chi connectivity index (χ3n) is 5.17. The fourth-order valence-electron chi connectivity index (χ4n) is 3.29. The molecule has 184 valence electrons. The van der Waals surface area contributed by atoms with E-state index in [4.69, 9.17) is 11.6 Å². The van der Waals surface area contributed by atoms with Gasteiger partial charge >= 0.3 is 0 Å². The second kappa shape index (κ2) is 11.3. The third-order valence-corrected chi connectivity index (χ3v) is 6.66. The van der Waals surface area contributed by atoms with Gasteiger partial charge in [0.05, 0.1) is 16.9 Å². The fraction of sp³-hybridized carbons (Fsp3) is 0.364. The summed E-state index contributed by atoms with van der Waals surface area (Å²) in [5.74, 6) is -1.09. The number of halogens is 1. The predicted molar refractivity (Wildman–Crippen MR) is 130 cm³/mol. The van der Waals surface area contributed by atoms with Crippen molar-refractivity contribution in [3.05, 3.63) is 68.7 Å². The molecule has 0 heterocycles. The van der Waals surface area contributed by atoms with Crippen molar-refractivity contribution in [3.63, 3.8) is 0 Å². The number of nitro groups is 1. The average Bonchev–Trinajstić information content (AvgIpc) is 2.76. The van der Waals surface area contributed by atoms with E-state index in [2.05, 4.69) is 5.32 Å². The summed E-state index contributed by atoms with van der Waals surface area (Å²) in [4.78, 5) is 37.8. The maximum Gasteiger partial charge on any atom is 0.271 e. The van der Waals surface area contributed by atoms with Crippen LogP contribution >= 0.6 is 11.6 Å². The second-order valence-electron chi connectivity index (χ2n) is 7.68. The highest BCUT2D eigenvalue weighted by atomic mass is 35.5. The highest BCUT2D eigenvalue weighted by Crippen LogP contribution is 2.28. The topological polar surface area (TPSA) is 130 Å². The predicted octanol–water partition coefficient (Wildman–Crippen LogP) is 2.88. The molecule has 0 fully saturated rings. The Kier molecular flexibility index (Phi) is 9.00. The number of hydrogen-bond acceptors (Lipinski definition) is 6. The van der Waals surface area contributed by atoms with Crippen LogP contribution in [0.3, 0.4) is 0 Å². The van der Waals surface area contributed by atoms with Crippen LogP contribution in [0, 0.1) is 17.0 Å². The van der Waals surface area contributed by atoms with Crippen LogP contribution in [0.4, 0.5) is 11.4 Å². The molecule has 0 aliphatic carbocycles. The highest BCUT2D eigenvalue weighted by Gasteiger charge is 2.31. The molecule has 0 unspecified atom stereocenters. The maximum absolute atomic E-state index is 13.4. The normalized spacial score (nSPS) is 12.0. The number of likely N-dealkylation sites (N-methyl/N-ethyl adjacent to an activating group) is 1. The molecule has 0 aliphatic rings. The molecular formula is C22H27ClN4O6S. The molecule has 1 N–H and O–H groups in total. The van der Waals surface area contributed by atoms with Gasteiger partial charge in [-0.05, 0) is 38.0 Å². The monoisotopic (exact) mass is 510 g/mol. The van der Waals surface area contributed by atoms with Gasteiger partial charge in [0.25, 0.3) is 5.69 Å². The van der Waals surface area contributed by atoms with Gasteiger partial charge in [-0.2, -0.15) is 0 Å². The molecule has 0 aromatic heterocycles. The van der Waals surface area contributed by atoms with Crippen molar-refractivity contribution in [1.82, 2.24) is 10.2 Å². The second-order valence-corrected chi connectivity index (χ2v) is 10.00. The van der Waals surface area contributed by atoms with Crippen LogP contribution in [0.5, 0.6) is 0 Å². The molecule has 12 heteroatoms. The van der Waals surface area contributed by atoms with Crippen molar-refractivity contribution in [2.75, 3.05) is 23.7 Å². The molecule has 0 aliphatic heterocycles. The van der Waals surface area contributed by atoms with Crippen LogP contribution in [0.15, 0.2) is 42.5 Å². The van der Waals surface area contributed by atoms with Gasteiger partial charge < -0.3 is 10.2 Å². The lowest BCUT2D eigenvalue weighted by atomic mass is 10.1. The number of carbonyl (C=O) groups excluding carboxylic acids is 2. The van der Waals surface area contributed by atoms with E-state index in [1.807, 2.05) is 0 Å². The zero-order valence-electron chi connectivity index (χ0n) is 19.3. The number of hydrogen-bond donors (Lipinski definition) is 1. The molecule has 2 rings (SSSR count). The number of sulfonamides is 1. The van der Waals surface area contributed by atoms with E-state index in [0.717, 1.165) is 16.6 Å². The highest BCUT2D eigenvalue weighted by molar-refractivity contribution is 7.92. The lowest BCUT2D eigenvalue weighted by Gasteiger charge is -2.32. The quantitative estimate of drug-likeness (QED) is 0.386. The van der Waals surface area contributed by atoms with Crippen molar-refractivity contribution in [3.8, 4) is 0 Å². The van der Waals surface area contributed by atoms with Crippen LogP contribution in [0.2, 0.25) is 5.02 Å². The first-order valence-electron chi connectivity index (χ1n) is 10.4. The number of rotatable bonds is 10. The molecular weight excluding hydrogens is 484 g/mol. The number of aryl methyl sites for hydroxylation is 1. The molecule has 0 saturated heterocycles. The standard InChI is InChI=1S/C22H27ClN4O6S/c1-5-24-22(29)16(3)25(13-17-8-6-7-9-19(17)23)21(28)14-26(34(4,32)33)20-12-18(27(30)31)11-10-15(20)2/h6-12,16H,5,13-14H2,1-4H3,(H,24,29)/t16-/m0/s1. The van der Waals surface area contributed by atoms with Gasteiger partial charge in [-0.1, -0.05) is 35.9 Å². The number of benzene rings is 2. The van der Waals surface area contributed by atoms with Gasteiger partial charge in [-0.15, -0.1) is 0 Å². The fourth-order valence-corrected chi connectivity index (χ4v) is 4.38. The number of nitrogens with zero attached hydrogens (tertiary/aromatic N) is 3. The van der Waals surface area contributed by atoms with Crippen molar-refractivity contribution in [1.29, 1.82) is 0 Å². The Morgan fingerprint density at radius 1 is 1.21 bits per heavy atom. The number of nitro benzene ring substituents is 1. The zero-order chi connectivity index (χ0) is 25.6. The van der Waals surface area contributed by atoms with Gasteiger partial charge in [0, 0.05) is 30.2 Å². The SMILES string of the molecule is CCNC(=O)[C@H](C)N(Cc1ccccc1Cl)C(=O)CN(c1cc([N+](=O)[O-])ccc1C)S(C)(=O)=O. The average molecular weight is 511 g/mol. The Morgan fingerprint density at radius 2 is 1.85 bits per heavy atom. The minimum absolute atomic E-state index is 0.00778. The first kappa shape index (κ1) is 27.1. The minimum atomic E-state index is -4.01. The van der Waals surface area contributed by atoms with Gasteiger partial charge in [0.2, 0.25) is 21.8 Å². The van der Waals surface area contributed by atoms with E-state index >= 15 is 0 Å². The van der Waals surface area contributed by atoms with E-state index < -0.39 is 39.3 Å². The van der Waals surface area contributed by atoms with Crippen LogP contribution < -0.4 is 9.62 Å². The van der Waals surface area contributed by atoms with Gasteiger partial charge in [-0.25, -0.2) is 8.42 Å². The summed E-state index contributed by atoms with van der Waals surface area (Å²) in [5.41, 5.74) is 0.697. The van der Waals surface area contributed by atoms with E-state index in [-0.39, 0.29) is 17.9 Å². The van der Waals surface area contributed by atoms with E-state index in [9.17, 15) is 28.1 Å². The molecule has 2 amide bonds. The van der Waals surface area contributed by atoms with Crippen LogP contribution in [-0.2, 0) is 26.2 Å². The van der Waals surface area contributed by atoms with E-state index in [1.54, 1.807) is 38.1 Å². The van der Waals surface area contributed by atoms with Crippen molar-refractivity contribution in [2.24, 2.45) is 0 Å². The first-order chi connectivity index (χ1) is 15.9. The smallest absolute Gasteiger partial charge is 0.271 e. The molecule has 10 nitrogen and oxygen atoms in total. The third kappa shape index (κ3) is 6.67. The van der Waals surface area contributed by atoms with E-state index in [0.29, 0.717) is 22.7 Å². The number of anilines is 1. The molecule has 0 radical (unpaired) electrons. The lowest BCUT2D eigenvalue weighted by molar-refractivity contribution is -0.384. The molecule has 2 aromatic carbocycles. The van der Waals surface area contributed by atoms with Gasteiger partial charge in [0.1, 0.15) is 12.6 Å². The number of nitrogens with one attached hydrogen (secondary N) is 1. The van der Waals surface area contributed by atoms with Crippen molar-refractivity contribution < 1.29 is 22.9 Å². The summed E-state index contributed by atoms with van der Waals surface area (Å²) >= 11 is 6.25. The summed E-state index contributed by atoms with van der Waals surface area (Å²) < 4.78 is 26.1. The number of carbonyl (C=O) groups is 2. The number of non-ortho nitro benzene ring substituents is 1. The Labute approximate surface area is 203 Å². The van der Waals surface area contributed by atoms with Crippen LogP contribution in [0.25, 0.3) is 0 Å². The van der Waals surface area contributed by atoms with Crippen molar-refractivity contribution in [2.45, 2.75) is 33.4 Å². The Morgan fingerprint density at radius 3 is 2.41 bits per heavy atom. The molecule has 0 bridgehead atoms. The summed E-state index contributed by atoms with van der Waals surface area (Å²) in [5, 5.41) is 14.3. The van der Waals surface area contributed by atoms with Gasteiger partial charge in [0.15, 0.2) is 0 Å². The van der Waals surface area contributed by atoms with Crippen molar-refractivity contribution >= 4 is 44.8 Å². The molecule has 0 saturated carbocycles. The minimum Gasteiger partial charge on any atom is -0.355 e. The molecule has 1 atom stereocenters. The largest absolute Gasteiger partial charge is 0.355 e. The molecule has 34 heavy (non-hydrogen) atoms. The van der Waals surface area contributed by atoms with E-state index in [1.165, 1.54) is 24.0 Å². The Hall–Kier alpha value is -3.18. The molecule has 2 aromatic rings. The zero-order valence-corrected chi connectivity index (χ0v) is 20.9. The van der Waals surface area contributed by atoms with Crippen LogP contribution in [0.1, 0.15) is 25.0 Å². The number of amides is 2. The first-order valence-corrected chi connectivity index (χ1v) is 12.6. The Bertz CT molecular complexity index is 1190. The Balaban J connectivity index is 2.49. The maximum atomic E-state index is 13.4. The summed E-state index contributed by atoms with van der Waals surface area (Å²) in [7, 11) is -4.01. The summed E-state index contributed by atoms with van der Waals surface area (Å²) in [6.07, 6.45) is 0.907. The molecule has 0 spiro atoms. The summed E-state index contributed by atoms with van der Waals surface area (Å²) in [6.45, 7) is 4.50. The van der Waals surface area contributed by atoms with Gasteiger partial charge in [-0.3, -0.25) is 24.0 Å².